The second-order valence-corrected chi connectivity index (χ2v) is 5.38. The Morgan fingerprint density at radius 1 is 1.44 bits per heavy atom. The maximum atomic E-state index is 10.8. The maximum Gasteiger partial charge on any atom is 0.344 e. The van der Waals surface area contributed by atoms with Gasteiger partial charge in [-0.15, -0.1) is 0 Å². The van der Waals surface area contributed by atoms with Crippen LogP contribution in [0, 0.1) is 0 Å². The van der Waals surface area contributed by atoms with E-state index in [9.17, 15) is 4.79 Å². The first-order valence-corrected chi connectivity index (χ1v) is 6.71. The van der Waals surface area contributed by atoms with Crippen molar-refractivity contribution in [2.75, 3.05) is 0 Å². The summed E-state index contributed by atoms with van der Waals surface area (Å²) in [6, 6.07) is 5.51. The third-order valence-corrected chi connectivity index (χ3v) is 3.64. The summed E-state index contributed by atoms with van der Waals surface area (Å²) >= 11 is 6.79. The van der Waals surface area contributed by atoms with Crippen molar-refractivity contribution < 1.29 is 14.6 Å². The van der Waals surface area contributed by atoms with E-state index in [0.29, 0.717) is 15.7 Å². The molecule has 0 spiro atoms. The summed E-state index contributed by atoms with van der Waals surface area (Å²) in [5.41, 5.74) is 0.617. The molecule has 1 atom stereocenters. The Labute approximate surface area is 120 Å². The Morgan fingerprint density at radius 3 is 2.83 bits per heavy atom. The van der Waals surface area contributed by atoms with Gasteiger partial charge in [-0.2, -0.15) is 0 Å². The van der Waals surface area contributed by atoms with Crippen LogP contribution in [-0.2, 0) is 4.79 Å². The molecule has 0 unspecified atom stereocenters. The molecule has 1 aromatic heterocycles. The number of benzene rings is 1. The van der Waals surface area contributed by atoms with Crippen LogP contribution in [0.1, 0.15) is 6.92 Å². The van der Waals surface area contributed by atoms with Crippen LogP contribution in [0.2, 0.25) is 0 Å². The minimum atomic E-state index is -1.02. The van der Waals surface area contributed by atoms with Gasteiger partial charge in [-0.25, -0.2) is 4.79 Å². The number of halogens is 2. The molecule has 0 fully saturated rings. The average Bonchev–Trinajstić information content (AvgIpc) is 2.34. The van der Waals surface area contributed by atoms with E-state index in [1.54, 1.807) is 6.20 Å². The molecule has 1 aromatic carbocycles. The van der Waals surface area contributed by atoms with Crippen molar-refractivity contribution in [2.24, 2.45) is 0 Å². The molecular weight excluding hydrogens is 366 g/mol. The molecule has 2 rings (SSSR count). The number of hydrogen-bond acceptors (Lipinski definition) is 3. The highest BCUT2D eigenvalue weighted by atomic mass is 79.9. The van der Waals surface area contributed by atoms with Gasteiger partial charge in [0.15, 0.2) is 11.9 Å². The lowest BCUT2D eigenvalue weighted by Crippen LogP contribution is -2.23. The summed E-state index contributed by atoms with van der Waals surface area (Å²) in [7, 11) is 0. The Kier molecular flexibility index (Phi) is 3.87. The minimum absolute atomic E-state index is 0.434. The molecule has 0 aliphatic rings. The van der Waals surface area contributed by atoms with Gasteiger partial charge in [0, 0.05) is 16.1 Å². The van der Waals surface area contributed by atoms with Crippen LogP contribution < -0.4 is 4.74 Å². The van der Waals surface area contributed by atoms with E-state index in [4.69, 9.17) is 9.84 Å². The van der Waals surface area contributed by atoms with Crippen LogP contribution in [-0.4, -0.2) is 22.2 Å². The van der Waals surface area contributed by atoms with E-state index in [1.165, 1.54) is 6.92 Å². The number of pyridine rings is 1. The lowest BCUT2D eigenvalue weighted by atomic mass is 10.2. The fraction of sp³-hybridized carbons (Fsp3) is 0.167. The smallest absolute Gasteiger partial charge is 0.344 e. The number of fused-ring (bicyclic) bond motifs is 1. The number of nitrogens with zero attached hydrogens (tertiary/aromatic N) is 1. The van der Waals surface area contributed by atoms with Crippen molar-refractivity contribution in [1.82, 2.24) is 4.98 Å². The van der Waals surface area contributed by atoms with Crippen LogP contribution in [0.25, 0.3) is 10.9 Å². The predicted molar refractivity (Wildman–Crippen MR) is 74.9 cm³/mol. The van der Waals surface area contributed by atoms with Crippen LogP contribution in [0.3, 0.4) is 0 Å². The Balaban J connectivity index is 2.59. The molecule has 1 N–H and O–H groups in total. The van der Waals surface area contributed by atoms with Crippen molar-refractivity contribution in [2.45, 2.75) is 13.0 Å². The second kappa shape index (κ2) is 5.24. The SMILES string of the molecule is C[C@@H](Oc1c(Br)cc(Br)c2cccnc12)C(=O)O. The standard InChI is InChI=1S/C12H9Br2NO3/c1-6(12(16)17)18-11-9(14)5-8(13)7-3-2-4-15-10(7)11/h2-6H,1H3,(H,16,17)/t6-/m1/s1. The quantitative estimate of drug-likeness (QED) is 0.891. The number of carboxylic acid groups (broad SMARTS) is 1. The van der Waals surface area contributed by atoms with Gasteiger partial charge in [0.1, 0.15) is 5.52 Å². The lowest BCUT2D eigenvalue weighted by molar-refractivity contribution is -0.144. The minimum Gasteiger partial charge on any atom is -0.479 e. The van der Waals surface area contributed by atoms with Gasteiger partial charge >= 0.3 is 5.97 Å². The molecule has 1 heterocycles. The van der Waals surface area contributed by atoms with Crippen LogP contribution in [0.15, 0.2) is 33.3 Å². The zero-order valence-electron chi connectivity index (χ0n) is 9.35. The lowest BCUT2D eigenvalue weighted by Gasteiger charge is -2.14. The molecule has 2 aromatic rings. The van der Waals surface area contributed by atoms with Gasteiger partial charge in [-0.05, 0) is 35.0 Å². The average molecular weight is 375 g/mol. The summed E-state index contributed by atoms with van der Waals surface area (Å²) in [6.07, 6.45) is 0.701. The highest BCUT2D eigenvalue weighted by molar-refractivity contribution is 9.11. The second-order valence-electron chi connectivity index (χ2n) is 3.67. The summed E-state index contributed by atoms with van der Waals surface area (Å²) in [6.45, 7) is 1.48. The van der Waals surface area contributed by atoms with E-state index in [-0.39, 0.29) is 0 Å². The van der Waals surface area contributed by atoms with Gasteiger partial charge < -0.3 is 9.84 Å². The third kappa shape index (κ3) is 2.49. The Morgan fingerprint density at radius 2 is 2.17 bits per heavy atom. The monoisotopic (exact) mass is 373 g/mol. The van der Waals surface area contributed by atoms with Crippen molar-refractivity contribution in [3.63, 3.8) is 0 Å². The van der Waals surface area contributed by atoms with Crippen molar-refractivity contribution in [1.29, 1.82) is 0 Å². The molecule has 0 aliphatic carbocycles. The molecule has 0 bridgehead atoms. The summed E-state index contributed by atoms with van der Waals surface area (Å²) in [4.78, 5) is 15.1. The molecule has 4 nitrogen and oxygen atoms in total. The zero-order valence-corrected chi connectivity index (χ0v) is 12.5. The van der Waals surface area contributed by atoms with E-state index in [0.717, 1.165) is 9.86 Å². The van der Waals surface area contributed by atoms with E-state index in [1.807, 2.05) is 18.2 Å². The van der Waals surface area contributed by atoms with Crippen LogP contribution in [0.4, 0.5) is 0 Å². The molecule has 0 saturated carbocycles. The highest BCUT2D eigenvalue weighted by Crippen LogP contribution is 2.37. The van der Waals surface area contributed by atoms with Crippen LogP contribution >= 0.6 is 31.9 Å². The molecular formula is C12H9Br2NO3. The van der Waals surface area contributed by atoms with E-state index in [2.05, 4.69) is 36.8 Å². The van der Waals surface area contributed by atoms with Gasteiger partial charge in [0.2, 0.25) is 0 Å². The number of ether oxygens (including phenoxy) is 1. The van der Waals surface area contributed by atoms with E-state index >= 15 is 0 Å². The molecule has 94 valence electrons. The van der Waals surface area contributed by atoms with Crippen molar-refractivity contribution >= 4 is 48.7 Å². The normalized spacial score (nSPS) is 12.4. The summed E-state index contributed by atoms with van der Waals surface area (Å²) in [5.74, 6) is -0.586. The maximum absolute atomic E-state index is 10.8. The van der Waals surface area contributed by atoms with Crippen molar-refractivity contribution in [3.8, 4) is 5.75 Å². The summed E-state index contributed by atoms with van der Waals surface area (Å²) in [5, 5.41) is 9.76. The molecule has 18 heavy (non-hydrogen) atoms. The molecule has 0 amide bonds. The first-order chi connectivity index (χ1) is 8.50. The largest absolute Gasteiger partial charge is 0.479 e. The first kappa shape index (κ1) is 13.3. The molecule has 0 aliphatic heterocycles. The van der Waals surface area contributed by atoms with Gasteiger partial charge in [0.05, 0.1) is 4.47 Å². The Bertz CT molecular complexity index is 616. The van der Waals surface area contributed by atoms with Gasteiger partial charge in [-0.3, -0.25) is 4.98 Å². The fourth-order valence-electron chi connectivity index (χ4n) is 1.49. The first-order valence-electron chi connectivity index (χ1n) is 5.13. The Hall–Kier alpha value is -1.14. The predicted octanol–water partition coefficient (Wildman–Crippen LogP) is 3.61. The topological polar surface area (TPSA) is 59.4 Å². The fourth-order valence-corrected chi connectivity index (χ4v) is 2.85. The van der Waals surface area contributed by atoms with E-state index < -0.39 is 12.1 Å². The number of carboxylic acids is 1. The molecule has 6 heteroatoms. The zero-order chi connectivity index (χ0) is 13.3. The number of rotatable bonds is 3. The number of carbonyl (C=O) groups is 1. The van der Waals surface area contributed by atoms with Gasteiger partial charge in [-0.1, -0.05) is 22.0 Å². The van der Waals surface area contributed by atoms with Crippen LogP contribution in [0.5, 0.6) is 5.75 Å². The third-order valence-electron chi connectivity index (χ3n) is 2.39. The molecule has 0 radical (unpaired) electrons. The summed E-state index contributed by atoms with van der Waals surface area (Å²) < 4.78 is 6.97. The van der Waals surface area contributed by atoms with Crippen molar-refractivity contribution in [3.05, 3.63) is 33.3 Å². The molecule has 0 saturated heterocycles. The number of aromatic nitrogens is 1. The number of hydrogen-bond donors (Lipinski definition) is 1. The number of aliphatic carboxylic acids is 1. The van der Waals surface area contributed by atoms with Gasteiger partial charge in [0.25, 0.3) is 0 Å². The highest BCUT2D eigenvalue weighted by Gasteiger charge is 2.18.